The van der Waals surface area contributed by atoms with Crippen LogP contribution in [0.3, 0.4) is 0 Å². The van der Waals surface area contributed by atoms with Crippen molar-refractivity contribution in [3.8, 4) is 0 Å². The van der Waals surface area contributed by atoms with Crippen molar-refractivity contribution in [2.24, 2.45) is 5.92 Å². The lowest BCUT2D eigenvalue weighted by Crippen LogP contribution is -2.31. The zero-order valence-corrected chi connectivity index (χ0v) is 11.5. The van der Waals surface area contributed by atoms with Crippen LogP contribution in [-0.4, -0.2) is 48.7 Å². The van der Waals surface area contributed by atoms with Crippen LogP contribution in [0.2, 0.25) is 0 Å². The summed E-state index contributed by atoms with van der Waals surface area (Å²) in [5.74, 6) is -0.686. The van der Waals surface area contributed by atoms with Crippen LogP contribution >= 0.6 is 0 Å². The second-order valence-electron chi connectivity index (χ2n) is 5.10. The van der Waals surface area contributed by atoms with Crippen molar-refractivity contribution in [2.75, 3.05) is 26.8 Å². The monoisotopic (exact) mass is 277 g/mol. The Balaban J connectivity index is 1.90. The number of likely N-dealkylation sites (N-methyl/N-ethyl adjacent to an activating group) is 1. The van der Waals surface area contributed by atoms with Crippen molar-refractivity contribution >= 4 is 11.9 Å². The molecule has 1 N–H and O–H groups in total. The summed E-state index contributed by atoms with van der Waals surface area (Å²) in [6, 6.07) is 6.25. The summed E-state index contributed by atoms with van der Waals surface area (Å²) in [6.45, 7) is 1.70. The van der Waals surface area contributed by atoms with E-state index in [9.17, 15) is 9.59 Å². The van der Waals surface area contributed by atoms with E-state index in [0.717, 1.165) is 6.61 Å². The standard InChI is InChI=1S/C15H19NO4/c1-16(8-9-20-10-11-6-7-11)14(17)12-4-2-3-5-13(12)15(18)19/h2-5,11H,6-10H2,1H3,(H,18,19). The Morgan fingerprint density at radius 3 is 2.55 bits per heavy atom. The van der Waals surface area contributed by atoms with Gasteiger partial charge in [-0.15, -0.1) is 0 Å². The molecule has 0 unspecified atom stereocenters. The summed E-state index contributed by atoms with van der Waals surface area (Å²) in [4.78, 5) is 24.8. The first-order valence-corrected chi connectivity index (χ1v) is 6.75. The van der Waals surface area contributed by atoms with Crippen LogP contribution in [0.15, 0.2) is 24.3 Å². The van der Waals surface area contributed by atoms with Crippen molar-refractivity contribution in [1.29, 1.82) is 0 Å². The van der Waals surface area contributed by atoms with Crippen molar-refractivity contribution in [1.82, 2.24) is 4.90 Å². The van der Waals surface area contributed by atoms with Gasteiger partial charge in [-0.25, -0.2) is 4.79 Å². The Hall–Kier alpha value is -1.88. The highest BCUT2D eigenvalue weighted by atomic mass is 16.5. The molecule has 1 saturated carbocycles. The van der Waals surface area contributed by atoms with Gasteiger partial charge in [0.25, 0.3) is 5.91 Å². The number of ether oxygens (including phenoxy) is 1. The van der Waals surface area contributed by atoms with E-state index in [0.29, 0.717) is 19.1 Å². The molecule has 1 fully saturated rings. The van der Waals surface area contributed by atoms with Crippen LogP contribution in [0, 0.1) is 5.92 Å². The lowest BCUT2D eigenvalue weighted by atomic mass is 10.1. The van der Waals surface area contributed by atoms with Gasteiger partial charge < -0.3 is 14.7 Å². The van der Waals surface area contributed by atoms with Crippen molar-refractivity contribution in [2.45, 2.75) is 12.8 Å². The third-order valence-electron chi connectivity index (χ3n) is 3.36. The smallest absolute Gasteiger partial charge is 0.336 e. The first-order valence-electron chi connectivity index (χ1n) is 6.75. The van der Waals surface area contributed by atoms with Gasteiger partial charge in [0, 0.05) is 20.2 Å². The molecule has 1 aromatic rings. The maximum absolute atomic E-state index is 12.2. The second-order valence-corrected chi connectivity index (χ2v) is 5.10. The fourth-order valence-corrected chi connectivity index (χ4v) is 1.90. The molecule has 0 aromatic heterocycles. The Morgan fingerprint density at radius 2 is 1.95 bits per heavy atom. The third-order valence-corrected chi connectivity index (χ3v) is 3.36. The first-order chi connectivity index (χ1) is 9.59. The van der Waals surface area contributed by atoms with Crippen LogP contribution in [0.25, 0.3) is 0 Å². The van der Waals surface area contributed by atoms with Gasteiger partial charge in [-0.05, 0) is 30.9 Å². The SMILES string of the molecule is CN(CCOCC1CC1)C(=O)c1ccccc1C(=O)O. The summed E-state index contributed by atoms with van der Waals surface area (Å²) in [5, 5.41) is 9.08. The lowest BCUT2D eigenvalue weighted by Gasteiger charge is -2.18. The number of nitrogens with zero attached hydrogens (tertiary/aromatic N) is 1. The van der Waals surface area contributed by atoms with Crippen molar-refractivity contribution in [3.05, 3.63) is 35.4 Å². The topological polar surface area (TPSA) is 66.8 Å². The van der Waals surface area contributed by atoms with Gasteiger partial charge in [0.1, 0.15) is 0 Å². The van der Waals surface area contributed by atoms with E-state index in [1.54, 1.807) is 19.2 Å². The Bertz CT molecular complexity index is 496. The quantitative estimate of drug-likeness (QED) is 0.773. The number of rotatable bonds is 7. The molecule has 2 rings (SSSR count). The zero-order chi connectivity index (χ0) is 14.5. The van der Waals surface area contributed by atoms with Crippen molar-refractivity contribution < 1.29 is 19.4 Å². The molecule has 0 spiro atoms. The van der Waals surface area contributed by atoms with Crippen LogP contribution < -0.4 is 0 Å². The molecule has 0 saturated heterocycles. The summed E-state index contributed by atoms with van der Waals surface area (Å²) < 4.78 is 5.48. The third kappa shape index (κ3) is 3.81. The van der Waals surface area contributed by atoms with E-state index in [-0.39, 0.29) is 17.0 Å². The number of amides is 1. The van der Waals surface area contributed by atoms with E-state index in [2.05, 4.69) is 0 Å². The van der Waals surface area contributed by atoms with Gasteiger partial charge in [0.15, 0.2) is 0 Å². The van der Waals surface area contributed by atoms with Gasteiger partial charge in [0.2, 0.25) is 0 Å². The Labute approximate surface area is 118 Å². The highest BCUT2D eigenvalue weighted by molar-refractivity contribution is 6.04. The van der Waals surface area contributed by atoms with E-state index < -0.39 is 5.97 Å². The predicted octanol–water partition coefficient (Wildman–Crippen LogP) is 1.88. The first kappa shape index (κ1) is 14.5. The Kier molecular flexibility index (Phi) is 4.74. The average molecular weight is 277 g/mol. The van der Waals surface area contributed by atoms with Gasteiger partial charge in [-0.1, -0.05) is 12.1 Å². The largest absolute Gasteiger partial charge is 0.478 e. The van der Waals surface area contributed by atoms with E-state index in [1.165, 1.54) is 29.9 Å². The lowest BCUT2D eigenvalue weighted by molar-refractivity contribution is 0.0650. The maximum atomic E-state index is 12.2. The number of aromatic carboxylic acids is 1. The zero-order valence-electron chi connectivity index (χ0n) is 11.5. The van der Waals surface area contributed by atoms with Crippen LogP contribution in [-0.2, 0) is 4.74 Å². The Morgan fingerprint density at radius 1 is 1.30 bits per heavy atom. The number of hydrogen-bond donors (Lipinski definition) is 1. The van der Waals surface area contributed by atoms with Gasteiger partial charge in [-0.2, -0.15) is 0 Å². The molecule has 0 aliphatic heterocycles. The fraction of sp³-hybridized carbons (Fsp3) is 0.467. The highest BCUT2D eigenvalue weighted by Crippen LogP contribution is 2.28. The second kappa shape index (κ2) is 6.52. The molecule has 5 nitrogen and oxygen atoms in total. The molecule has 0 atom stereocenters. The molecule has 1 aliphatic carbocycles. The van der Waals surface area contributed by atoms with E-state index in [1.807, 2.05) is 0 Å². The average Bonchev–Trinajstić information content (AvgIpc) is 3.26. The minimum absolute atomic E-state index is 0.0308. The summed E-state index contributed by atoms with van der Waals surface area (Å²) >= 11 is 0. The number of hydrogen-bond acceptors (Lipinski definition) is 3. The minimum atomic E-state index is -1.09. The van der Waals surface area contributed by atoms with Crippen LogP contribution in [0.1, 0.15) is 33.6 Å². The van der Waals surface area contributed by atoms with Gasteiger partial charge in [-0.3, -0.25) is 4.79 Å². The van der Waals surface area contributed by atoms with Gasteiger partial charge >= 0.3 is 5.97 Å². The normalized spacial score (nSPS) is 14.1. The molecule has 1 aromatic carbocycles. The molecule has 1 aliphatic rings. The number of carbonyl (C=O) groups excluding carboxylic acids is 1. The fourth-order valence-electron chi connectivity index (χ4n) is 1.90. The van der Waals surface area contributed by atoms with Gasteiger partial charge in [0.05, 0.1) is 17.7 Å². The molecule has 108 valence electrons. The number of carbonyl (C=O) groups is 2. The van der Waals surface area contributed by atoms with Crippen LogP contribution in [0.5, 0.6) is 0 Å². The molecular weight excluding hydrogens is 258 g/mol. The van der Waals surface area contributed by atoms with E-state index >= 15 is 0 Å². The minimum Gasteiger partial charge on any atom is -0.478 e. The molecule has 0 bridgehead atoms. The molecule has 5 heteroatoms. The van der Waals surface area contributed by atoms with Crippen molar-refractivity contribution in [3.63, 3.8) is 0 Å². The maximum Gasteiger partial charge on any atom is 0.336 e. The summed E-state index contributed by atoms with van der Waals surface area (Å²) in [7, 11) is 1.65. The van der Waals surface area contributed by atoms with Crippen LogP contribution in [0.4, 0.5) is 0 Å². The van der Waals surface area contributed by atoms with E-state index in [4.69, 9.17) is 9.84 Å². The molecule has 0 heterocycles. The molecule has 1 amide bonds. The highest BCUT2D eigenvalue weighted by Gasteiger charge is 2.22. The summed E-state index contributed by atoms with van der Waals surface area (Å²) in [5.41, 5.74) is 0.243. The number of benzene rings is 1. The summed E-state index contributed by atoms with van der Waals surface area (Å²) in [6.07, 6.45) is 2.47. The predicted molar refractivity (Wildman–Crippen MR) is 73.9 cm³/mol. The molecule has 20 heavy (non-hydrogen) atoms. The number of carboxylic acid groups (broad SMARTS) is 1. The number of carboxylic acids is 1. The molecule has 0 radical (unpaired) electrons. The molecular formula is C15H19NO4.